The molecule has 0 aliphatic rings. The van der Waals surface area contributed by atoms with Crippen LogP contribution in [-0.2, 0) is 0 Å². The van der Waals surface area contributed by atoms with Gasteiger partial charge in [0.15, 0.2) is 0 Å². The van der Waals surface area contributed by atoms with Crippen molar-refractivity contribution >= 4 is 12.6 Å². The zero-order valence-electron chi connectivity index (χ0n) is 11.2. The highest BCUT2D eigenvalue weighted by Gasteiger charge is 2.00. The molecule has 1 rings (SSSR count). The van der Waals surface area contributed by atoms with Gasteiger partial charge in [0, 0.05) is 4.90 Å². The summed E-state index contributed by atoms with van der Waals surface area (Å²) in [5, 5.41) is 2.93. The molecule has 0 unspecified atom stereocenters. The Bertz CT molecular complexity index is 281. The van der Waals surface area contributed by atoms with Crippen molar-refractivity contribution in [1.29, 1.82) is 0 Å². The molecule has 4 nitrogen and oxygen atoms in total. The van der Waals surface area contributed by atoms with Gasteiger partial charge >= 0.3 is 0 Å². The molecule has 0 saturated heterocycles. The van der Waals surface area contributed by atoms with Crippen molar-refractivity contribution in [3.05, 3.63) is 23.3 Å². The standard InChI is InChI=1S/C9H12OS.C3H9N.2H2O/c1-6-4-8(10-3)5-7(2)9(6)11;1-3-4-2;;/h4-5,11H,1-3H3;4H,3H2,1-2H3;2*1H2. The van der Waals surface area contributed by atoms with Crippen molar-refractivity contribution in [2.24, 2.45) is 0 Å². The second-order valence-electron chi connectivity index (χ2n) is 3.32. The molecule has 0 amide bonds. The predicted molar refractivity (Wildman–Crippen MR) is 76.5 cm³/mol. The Morgan fingerprint density at radius 1 is 1.18 bits per heavy atom. The van der Waals surface area contributed by atoms with Gasteiger partial charge in [0.1, 0.15) is 5.75 Å². The molecule has 0 bridgehead atoms. The van der Waals surface area contributed by atoms with E-state index in [1.165, 1.54) is 0 Å². The fraction of sp³-hybridized carbons (Fsp3) is 0.500. The van der Waals surface area contributed by atoms with Gasteiger partial charge in [0.25, 0.3) is 0 Å². The van der Waals surface area contributed by atoms with Gasteiger partial charge in [-0.1, -0.05) is 6.92 Å². The molecule has 1 aromatic carbocycles. The number of nitrogens with one attached hydrogen (secondary N) is 1. The Kier molecular flexibility index (Phi) is 14.8. The third kappa shape index (κ3) is 8.04. The lowest BCUT2D eigenvalue weighted by Gasteiger charge is -2.06. The number of benzene rings is 1. The van der Waals surface area contributed by atoms with E-state index in [2.05, 4.69) is 24.9 Å². The largest absolute Gasteiger partial charge is 0.497 e. The van der Waals surface area contributed by atoms with Crippen molar-refractivity contribution < 1.29 is 15.7 Å². The van der Waals surface area contributed by atoms with Crippen LogP contribution in [0, 0.1) is 13.8 Å². The monoisotopic (exact) mass is 263 g/mol. The van der Waals surface area contributed by atoms with Crippen molar-refractivity contribution in [3.63, 3.8) is 0 Å². The number of hydrogen-bond donors (Lipinski definition) is 2. The molecule has 0 fully saturated rings. The van der Waals surface area contributed by atoms with Crippen LogP contribution in [0.5, 0.6) is 5.75 Å². The molecular formula is C12H25NO3S. The summed E-state index contributed by atoms with van der Waals surface area (Å²) in [6.07, 6.45) is 0. The Hall–Kier alpha value is -0.750. The fourth-order valence-electron chi connectivity index (χ4n) is 1.03. The number of thiol groups is 1. The summed E-state index contributed by atoms with van der Waals surface area (Å²) in [4.78, 5) is 1.05. The number of ether oxygens (including phenoxy) is 1. The van der Waals surface area contributed by atoms with Gasteiger partial charge in [0.05, 0.1) is 7.11 Å². The Balaban J connectivity index is -0.000000289. The average molecular weight is 263 g/mol. The SMILES string of the molecule is CCNC.COc1cc(C)c(S)c(C)c1.O.O. The van der Waals surface area contributed by atoms with Crippen LogP contribution < -0.4 is 10.1 Å². The maximum absolute atomic E-state index is 5.10. The van der Waals surface area contributed by atoms with Gasteiger partial charge in [-0.25, -0.2) is 0 Å². The summed E-state index contributed by atoms with van der Waals surface area (Å²) in [5.74, 6) is 0.901. The first-order chi connectivity index (χ1) is 7.06. The van der Waals surface area contributed by atoms with Crippen LogP contribution in [0.15, 0.2) is 17.0 Å². The smallest absolute Gasteiger partial charge is 0.119 e. The Labute approximate surface area is 109 Å². The lowest BCUT2D eigenvalue weighted by molar-refractivity contribution is 0.413. The molecule has 1 aromatic rings. The van der Waals surface area contributed by atoms with Gasteiger partial charge in [0.2, 0.25) is 0 Å². The minimum absolute atomic E-state index is 0. The van der Waals surface area contributed by atoms with Crippen LogP contribution in [0.4, 0.5) is 0 Å². The summed E-state index contributed by atoms with van der Waals surface area (Å²) >= 11 is 4.34. The van der Waals surface area contributed by atoms with Crippen LogP contribution in [0.25, 0.3) is 0 Å². The van der Waals surface area contributed by atoms with E-state index in [4.69, 9.17) is 4.74 Å². The number of hydrogen-bond acceptors (Lipinski definition) is 3. The maximum Gasteiger partial charge on any atom is 0.119 e. The minimum atomic E-state index is 0. The molecule has 0 aliphatic carbocycles. The molecule has 0 aromatic heterocycles. The molecule has 0 radical (unpaired) electrons. The summed E-state index contributed by atoms with van der Waals surface area (Å²) in [5.41, 5.74) is 2.32. The first kappa shape index (κ1) is 21.5. The zero-order chi connectivity index (χ0) is 11.8. The molecule has 0 spiro atoms. The Morgan fingerprint density at radius 3 is 1.76 bits per heavy atom. The zero-order valence-corrected chi connectivity index (χ0v) is 12.1. The molecule has 5 heteroatoms. The summed E-state index contributed by atoms with van der Waals surface area (Å²) < 4.78 is 5.10. The lowest BCUT2D eigenvalue weighted by atomic mass is 10.1. The van der Waals surface area contributed by atoms with Gasteiger partial charge in [-0.05, 0) is 50.7 Å². The van der Waals surface area contributed by atoms with E-state index >= 15 is 0 Å². The van der Waals surface area contributed by atoms with Crippen LogP contribution in [0.1, 0.15) is 18.1 Å². The molecule has 102 valence electrons. The molecule has 0 saturated carbocycles. The third-order valence-corrected chi connectivity index (χ3v) is 2.76. The summed E-state index contributed by atoms with van der Waals surface area (Å²) in [7, 11) is 3.60. The number of aryl methyl sites for hydroxylation is 2. The normalized spacial score (nSPS) is 8.12. The van der Waals surface area contributed by atoms with E-state index in [0.29, 0.717) is 0 Å². The topological polar surface area (TPSA) is 84.3 Å². The summed E-state index contributed by atoms with van der Waals surface area (Å²) in [6, 6.07) is 3.96. The molecule has 17 heavy (non-hydrogen) atoms. The molecule has 0 aliphatic heterocycles. The minimum Gasteiger partial charge on any atom is -0.497 e. The highest BCUT2D eigenvalue weighted by atomic mass is 32.1. The highest BCUT2D eigenvalue weighted by molar-refractivity contribution is 7.80. The van der Waals surface area contributed by atoms with Gasteiger partial charge in [-0.2, -0.15) is 0 Å². The number of methoxy groups -OCH3 is 1. The third-order valence-electron chi connectivity index (χ3n) is 2.05. The molecule has 5 N–H and O–H groups in total. The van der Waals surface area contributed by atoms with E-state index in [1.54, 1.807) is 7.11 Å². The predicted octanol–water partition coefficient (Wildman–Crippen LogP) is 1.18. The second-order valence-corrected chi connectivity index (χ2v) is 3.76. The lowest BCUT2D eigenvalue weighted by Crippen LogP contribution is -2.01. The fourth-order valence-corrected chi connectivity index (χ4v) is 1.16. The van der Waals surface area contributed by atoms with Crippen LogP contribution in [0.2, 0.25) is 0 Å². The van der Waals surface area contributed by atoms with Crippen molar-refractivity contribution in [2.75, 3.05) is 20.7 Å². The first-order valence-electron chi connectivity index (χ1n) is 5.05. The Morgan fingerprint density at radius 2 is 1.53 bits per heavy atom. The van der Waals surface area contributed by atoms with Crippen LogP contribution in [0.3, 0.4) is 0 Å². The summed E-state index contributed by atoms with van der Waals surface area (Å²) in [6.45, 7) is 7.19. The van der Waals surface area contributed by atoms with E-state index in [9.17, 15) is 0 Å². The van der Waals surface area contributed by atoms with Gasteiger partial charge < -0.3 is 21.0 Å². The van der Waals surface area contributed by atoms with Gasteiger partial charge in [-0.15, -0.1) is 12.6 Å². The molecular weight excluding hydrogens is 238 g/mol. The average Bonchev–Trinajstić information content (AvgIpc) is 2.25. The van der Waals surface area contributed by atoms with Crippen molar-refractivity contribution in [3.8, 4) is 5.75 Å². The second kappa shape index (κ2) is 11.7. The van der Waals surface area contributed by atoms with E-state index in [0.717, 1.165) is 28.3 Å². The number of rotatable bonds is 2. The van der Waals surface area contributed by atoms with E-state index < -0.39 is 0 Å². The van der Waals surface area contributed by atoms with Crippen molar-refractivity contribution in [1.82, 2.24) is 5.32 Å². The maximum atomic E-state index is 5.10. The van der Waals surface area contributed by atoms with E-state index in [1.807, 2.05) is 33.0 Å². The quantitative estimate of drug-likeness (QED) is 0.785. The molecule has 0 atom stereocenters. The molecule has 0 heterocycles. The van der Waals surface area contributed by atoms with Gasteiger partial charge in [-0.3, -0.25) is 0 Å². The van der Waals surface area contributed by atoms with Crippen LogP contribution in [-0.4, -0.2) is 31.7 Å². The highest BCUT2D eigenvalue weighted by Crippen LogP contribution is 2.23. The van der Waals surface area contributed by atoms with Crippen molar-refractivity contribution in [2.45, 2.75) is 25.7 Å². The van der Waals surface area contributed by atoms with Crippen LogP contribution >= 0.6 is 12.6 Å². The van der Waals surface area contributed by atoms with E-state index in [-0.39, 0.29) is 11.0 Å². The first-order valence-corrected chi connectivity index (χ1v) is 5.50.